The molecule has 0 bridgehead atoms. The zero-order chi connectivity index (χ0) is 17.8. The van der Waals surface area contributed by atoms with Crippen molar-refractivity contribution in [3.05, 3.63) is 63.5 Å². The third-order valence-corrected chi connectivity index (χ3v) is 4.92. The van der Waals surface area contributed by atoms with Crippen molar-refractivity contribution in [1.82, 2.24) is 5.32 Å². The number of hydrogen-bond acceptors (Lipinski definition) is 4. The third kappa shape index (κ3) is 4.24. The molecule has 2 aromatic rings. The topological polar surface area (TPSA) is 50.7 Å². The van der Waals surface area contributed by atoms with Crippen LogP contribution in [-0.2, 0) is 4.79 Å². The molecule has 1 N–H and O–H groups in total. The molecule has 6 heteroatoms. The largest absolute Gasteiger partial charge is 0.494 e. The van der Waals surface area contributed by atoms with Gasteiger partial charge in [0.05, 0.1) is 17.2 Å². The highest BCUT2D eigenvalue weighted by Gasteiger charge is 2.24. The summed E-state index contributed by atoms with van der Waals surface area (Å²) in [4.78, 5) is 17.3. The summed E-state index contributed by atoms with van der Waals surface area (Å²) in [6, 6.07) is 13.1. The highest BCUT2D eigenvalue weighted by Crippen LogP contribution is 2.31. The zero-order valence-corrected chi connectivity index (χ0v) is 15.4. The maximum atomic E-state index is 12.2. The van der Waals surface area contributed by atoms with E-state index < -0.39 is 0 Å². The van der Waals surface area contributed by atoms with E-state index in [9.17, 15) is 4.79 Å². The summed E-state index contributed by atoms with van der Waals surface area (Å²) >= 11 is 7.43. The van der Waals surface area contributed by atoms with Crippen LogP contribution < -0.4 is 10.1 Å². The number of amides is 1. The molecule has 1 aliphatic heterocycles. The number of hydrogen-bond donors (Lipinski definition) is 1. The highest BCUT2D eigenvalue weighted by molar-refractivity contribution is 8.18. The molecule has 0 unspecified atom stereocenters. The molecule has 3 rings (SSSR count). The van der Waals surface area contributed by atoms with Gasteiger partial charge >= 0.3 is 0 Å². The van der Waals surface area contributed by atoms with Crippen molar-refractivity contribution >= 4 is 46.2 Å². The van der Waals surface area contributed by atoms with Gasteiger partial charge in [0.25, 0.3) is 5.91 Å². The molecule has 128 valence electrons. The van der Waals surface area contributed by atoms with Crippen molar-refractivity contribution in [2.45, 2.75) is 13.8 Å². The second-order valence-corrected chi connectivity index (χ2v) is 6.81. The molecular formula is C19H17ClN2O2S. The first-order valence-electron chi connectivity index (χ1n) is 7.84. The van der Waals surface area contributed by atoms with Crippen LogP contribution in [0.3, 0.4) is 0 Å². The lowest BCUT2D eigenvalue weighted by molar-refractivity contribution is -0.115. The van der Waals surface area contributed by atoms with E-state index in [0.29, 0.717) is 21.7 Å². The summed E-state index contributed by atoms with van der Waals surface area (Å²) < 4.78 is 5.42. The van der Waals surface area contributed by atoms with Crippen molar-refractivity contribution in [2.24, 2.45) is 4.99 Å². The molecular weight excluding hydrogens is 356 g/mol. The van der Waals surface area contributed by atoms with Gasteiger partial charge in [-0.15, -0.1) is 0 Å². The van der Waals surface area contributed by atoms with Gasteiger partial charge in [-0.2, -0.15) is 0 Å². The van der Waals surface area contributed by atoms with E-state index in [1.807, 2.05) is 62.4 Å². The van der Waals surface area contributed by atoms with Crippen LogP contribution in [0.25, 0.3) is 6.08 Å². The van der Waals surface area contributed by atoms with Gasteiger partial charge in [-0.3, -0.25) is 4.79 Å². The molecule has 1 heterocycles. The molecule has 2 aromatic carbocycles. The first kappa shape index (κ1) is 17.6. The number of aliphatic imine (C=N–C) groups is 1. The van der Waals surface area contributed by atoms with Crippen LogP contribution in [0.2, 0.25) is 5.02 Å². The highest BCUT2D eigenvalue weighted by atomic mass is 35.5. The molecule has 0 aromatic heterocycles. The third-order valence-electron chi connectivity index (χ3n) is 3.60. The number of nitrogens with one attached hydrogen (secondary N) is 1. The van der Waals surface area contributed by atoms with Crippen LogP contribution in [0, 0.1) is 6.92 Å². The average Bonchev–Trinajstić information content (AvgIpc) is 2.93. The van der Waals surface area contributed by atoms with E-state index in [2.05, 4.69) is 10.3 Å². The predicted octanol–water partition coefficient (Wildman–Crippen LogP) is 4.94. The predicted molar refractivity (Wildman–Crippen MR) is 105 cm³/mol. The Morgan fingerprint density at radius 1 is 1.24 bits per heavy atom. The molecule has 0 aliphatic carbocycles. The molecule has 0 saturated carbocycles. The zero-order valence-electron chi connectivity index (χ0n) is 13.9. The number of rotatable bonds is 4. The number of carbonyl (C=O) groups is 1. The molecule has 1 amide bonds. The number of benzene rings is 2. The van der Waals surface area contributed by atoms with E-state index in [0.717, 1.165) is 22.6 Å². The van der Waals surface area contributed by atoms with E-state index >= 15 is 0 Å². The molecule has 1 saturated heterocycles. The van der Waals surface area contributed by atoms with Gasteiger partial charge < -0.3 is 10.1 Å². The van der Waals surface area contributed by atoms with Gasteiger partial charge in [0, 0.05) is 5.02 Å². The van der Waals surface area contributed by atoms with Crippen molar-refractivity contribution in [1.29, 1.82) is 0 Å². The summed E-state index contributed by atoms with van der Waals surface area (Å²) in [5.41, 5.74) is 2.56. The Hall–Kier alpha value is -2.24. The van der Waals surface area contributed by atoms with Crippen LogP contribution in [0.5, 0.6) is 5.75 Å². The Morgan fingerprint density at radius 3 is 2.72 bits per heavy atom. The molecule has 1 fully saturated rings. The number of halogens is 1. The van der Waals surface area contributed by atoms with Gasteiger partial charge in [0.1, 0.15) is 5.75 Å². The Bertz CT molecular complexity index is 860. The van der Waals surface area contributed by atoms with Crippen molar-refractivity contribution < 1.29 is 9.53 Å². The number of nitrogens with zero attached hydrogens (tertiary/aromatic N) is 1. The SMILES string of the molecule is CCOc1ccc(/C=C2\SC(=Nc3cccc(Cl)c3C)NC2=O)cc1. The Labute approximate surface area is 155 Å². The lowest BCUT2D eigenvalue weighted by Crippen LogP contribution is -2.19. The normalized spacial score (nSPS) is 17.2. The Kier molecular flexibility index (Phi) is 5.46. The van der Waals surface area contributed by atoms with Gasteiger partial charge in [-0.25, -0.2) is 4.99 Å². The van der Waals surface area contributed by atoms with Crippen LogP contribution >= 0.6 is 23.4 Å². The first-order valence-corrected chi connectivity index (χ1v) is 9.04. The fourth-order valence-corrected chi connectivity index (χ4v) is 3.29. The lowest BCUT2D eigenvalue weighted by Gasteiger charge is -2.03. The second-order valence-electron chi connectivity index (χ2n) is 5.37. The van der Waals surface area contributed by atoms with Gasteiger partial charge in [0.2, 0.25) is 0 Å². The number of amidine groups is 1. The lowest BCUT2D eigenvalue weighted by atomic mass is 10.2. The van der Waals surface area contributed by atoms with Gasteiger partial charge in [-0.05, 0) is 67.1 Å². The maximum absolute atomic E-state index is 12.2. The molecule has 4 nitrogen and oxygen atoms in total. The fourth-order valence-electron chi connectivity index (χ4n) is 2.29. The van der Waals surface area contributed by atoms with Gasteiger partial charge in [-0.1, -0.05) is 29.8 Å². The van der Waals surface area contributed by atoms with E-state index in [-0.39, 0.29) is 5.91 Å². The first-order chi connectivity index (χ1) is 12.1. The minimum Gasteiger partial charge on any atom is -0.494 e. The van der Waals surface area contributed by atoms with Crippen LogP contribution in [-0.4, -0.2) is 17.7 Å². The standard InChI is InChI=1S/C19H17ClN2O2S/c1-3-24-14-9-7-13(8-10-14)11-17-18(23)22-19(25-17)21-16-6-4-5-15(20)12(16)2/h4-11H,3H2,1-2H3,(H,21,22,23)/b17-11-. The second kappa shape index (κ2) is 7.76. The smallest absolute Gasteiger partial charge is 0.264 e. The maximum Gasteiger partial charge on any atom is 0.264 e. The van der Waals surface area contributed by atoms with E-state index in [4.69, 9.17) is 16.3 Å². The average molecular weight is 373 g/mol. The summed E-state index contributed by atoms with van der Waals surface area (Å²) in [7, 11) is 0. The number of thioether (sulfide) groups is 1. The number of carbonyl (C=O) groups excluding carboxylic acids is 1. The quantitative estimate of drug-likeness (QED) is 0.773. The van der Waals surface area contributed by atoms with Crippen molar-refractivity contribution in [2.75, 3.05) is 6.61 Å². The molecule has 0 spiro atoms. The molecule has 0 atom stereocenters. The molecule has 0 radical (unpaired) electrons. The monoisotopic (exact) mass is 372 g/mol. The summed E-state index contributed by atoms with van der Waals surface area (Å²) in [6.45, 7) is 4.47. The van der Waals surface area contributed by atoms with Crippen molar-refractivity contribution in [3.8, 4) is 5.75 Å². The Morgan fingerprint density at radius 2 is 2.00 bits per heavy atom. The van der Waals surface area contributed by atoms with Crippen LogP contribution in [0.4, 0.5) is 5.69 Å². The summed E-state index contributed by atoms with van der Waals surface area (Å²) in [5.74, 6) is 0.657. The summed E-state index contributed by atoms with van der Waals surface area (Å²) in [5, 5.41) is 3.99. The minimum absolute atomic E-state index is 0.155. The van der Waals surface area contributed by atoms with Crippen LogP contribution in [0.15, 0.2) is 52.4 Å². The van der Waals surface area contributed by atoms with E-state index in [1.54, 1.807) is 0 Å². The number of ether oxygens (including phenoxy) is 1. The Balaban J connectivity index is 1.80. The van der Waals surface area contributed by atoms with Gasteiger partial charge in [0.15, 0.2) is 5.17 Å². The van der Waals surface area contributed by atoms with E-state index in [1.165, 1.54) is 11.8 Å². The molecule has 25 heavy (non-hydrogen) atoms. The fraction of sp³-hybridized carbons (Fsp3) is 0.158. The van der Waals surface area contributed by atoms with Crippen molar-refractivity contribution in [3.63, 3.8) is 0 Å². The van der Waals surface area contributed by atoms with Crippen LogP contribution in [0.1, 0.15) is 18.1 Å². The summed E-state index contributed by atoms with van der Waals surface area (Å²) in [6.07, 6.45) is 1.84. The molecule has 1 aliphatic rings. The minimum atomic E-state index is -0.155.